The van der Waals surface area contributed by atoms with Crippen LogP contribution < -0.4 is 10.0 Å². The molecule has 0 radical (unpaired) electrons. The first-order valence-electron chi connectivity index (χ1n) is 10.9. The first-order chi connectivity index (χ1) is 16.0. The number of rotatable bonds is 9. The molecule has 1 aromatic heterocycles. The van der Waals surface area contributed by atoms with Crippen molar-refractivity contribution in [1.82, 2.24) is 9.62 Å². The quantitative estimate of drug-likeness (QED) is 0.452. The van der Waals surface area contributed by atoms with Crippen molar-refractivity contribution in [2.24, 2.45) is 0 Å². The lowest BCUT2D eigenvalue weighted by Crippen LogP contribution is -2.38. The standard InChI is InChI=1S/C24H27N3O4S2/c28-24(23-22(11-18-32-23)19-5-2-1-3-6-19)26-20-7-9-21(10-8-20)33(29,30)25-12-4-13-27-14-16-31-17-15-27/h1-3,5-11,18,25H,4,12-17H2,(H,26,28). The topological polar surface area (TPSA) is 87.7 Å². The molecule has 1 amide bonds. The Morgan fingerprint density at radius 3 is 2.45 bits per heavy atom. The number of hydrogen-bond donors (Lipinski definition) is 2. The summed E-state index contributed by atoms with van der Waals surface area (Å²) in [4.78, 5) is 15.9. The van der Waals surface area contributed by atoms with Crippen LogP contribution >= 0.6 is 11.3 Å². The van der Waals surface area contributed by atoms with E-state index in [2.05, 4.69) is 14.9 Å². The van der Waals surface area contributed by atoms with Crippen LogP contribution in [0.25, 0.3) is 11.1 Å². The fourth-order valence-electron chi connectivity index (χ4n) is 3.65. The zero-order chi connectivity index (χ0) is 23.1. The highest BCUT2D eigenvalue weighted by Crippen LogP contribution is 2.29. The number of thiophene rings is 1. The van der Waals surface area contributed by atoms with Crippen molar-refractivity contribution in [2.45, 2.75) is 11.3 Å². The second-order valence-electron chi connectivity index (χ2n) is 7.71. The second-order valence-corrected chi connectivity index (χ2v) is 10.4. The van der Waals surface area contributed by atoms with Gasteiger partial charge in [-0.3, -0.25) is 9.69 Å². The normalized spacial score (nSPS) is 14.8. The molecular weight excluding hydrogens is 458 g/mol. The molecule has 1 fully saturated rings. The predicted octanol–water partition coefficient (Wildman–Crippen LogP) is 3.67. The maximum absolute atomic E-state index is 12.8. The molecule has 2 aromatic carbocycles. The Balaban J connectivity index is 1.32. The van der Waals surface area contributed by atoms with Crippen LogP contribution in [0.15, 0.2) is 70.9 Å². The average molecular weight is 486 g/mol. The number of carbonyl (C=O) groups is 1. The van der Waals surface area contributed by atoms with Gasteiger partial charge in [0, 0.05) is 30.9 Å². The summed E-state index contributed by atoms with van der Waals surface area (Å²) < 4.78 is 33.1. The summed E-state index contributed by atoms with van der Waals surface area (Å²) >= 11 is 1.37. The maximum atomic E-state index is 12.8. The lowest BCUT2D eigenvalue weighted by molar-refractivity contribution is 0.0376. The fraction of sp³-hybridized carbons (Fsp3) is 0.292. The van der Waals surface area contributed by atoms with Gasteiger partial charge in [0.05, 0.1) is 23.0 Å². The van der Waals surface area contributed by atoms with E-state index < -0.39 is 10.0 Å². The molecule has 0 saturated carbocycles. The van der Waals surface area contributed by atoms with Gasteiger partial charge in [-0.25, -0.2) is 13.1 Å². The number of nitrogens with one attached hydrogen (secondary N) is 2. The summed E-state index contributed by atoms with van der Waals surface area (Å²) in [6, 6.07) is 17.9. The van der Waals surface area contributed by atoms with Crippen molar-refractivity contribution in [3.05, 3.63) is 70.9 Å². The van der Waals surface area contributed by atoms with E-state index in [9.17, 15) is 13.2 Å². The van der Waals surface area contributed by atoms with Crippen LogP contribution in [0.4, 0.5) is 5.69 Å². The summed E-state index contributed by atoms with van der Waals surface area (Å²) in [5.41, 5.74) is 2.39. The molecule has 2 N–H and O–H groups in total. The van der Waals surface area contributed by atoms with Crippen molar-refractivity contribution < 1.29 is 17.9 Å². The van der Waals surface area contributed by atoms with Crippen LogP contribution in [0.3, 0.4) is 0 Å². The Kier molecular flexibility index (Phi) is 7.89. The van der Waals surface area contributed by atoms with Crippen LogP contribution in [-0.4, -0.2) is 58.6 Å². The molecule has 9 heteroatoms. The number of sulfonamides is 1. The number of benzene rings is 2. The third-order valence-electron chi connectivity index (χ3n) is 5.43. The molecule has 0 bridgehead atoms. The molecule has 0 aliphatic carbocycles. The van der Waals surface area contributed by atoms with Gasteiger partial charge < -0.3 is 10.1 Å². The highest BCUT2D eigenvalue weighted by Gasteiger charge is 2.17. The smallest absolute Gasteiger partial charge is 0.266 e. The van der Waals surface area contributed by atoms with Gasteiger partial charge in [0.25, 0.3) is 5.91 Å². The largest absolute Gasteiger partial charge is 0.379 e. The minimum Gasteiger partial charge on any atom is -0.379 e. The molecular formula is C24H27N3O4S2. The first-order valence-corrected chi connectivity index (χ1v) is 13.2. The van der Waals surface area contributed by atoms with Crippen molar-refractivity contribution in [1.29, 1.82) is 0 Å². The van der Waals surface area contributed by atoms with Gasteiger partial charge in [0.1, 0.15) is 0 Å². The van der Waals surface area contributed by atoms with Gasteiger partial charge in [-0.2, -0.15) is 0 Å². The van der Waals surface area contributed by atoms with Crippen LogP contribution in [-0.2, 0) is 14.8 Å². The minimum atomic E-state index is -3.60. The summed E-state index contributed by atoms with van der Waals surface area (Å²) in [6.07, 6.45) is 0.734. The molecule has 0 atom stereocenters. The molecule has 1 aliphatic heterocycles. The molecule has 0 spiro atoms. The zero-order valence-corrected chi connectivity index (χ0v) is 19.8. The van der Waals surface area contributed by atoms with E-state index >= 15 is 0 Å². The van der Waals surface area contributed by atoms with E-state index in [1.807, 2.05) is 41.8 Å². The molecule has 33 heavy (non-hydrogen) atoms. The Labute approximate surface area is 198 Å². The van der Waals surface area contributed by atoms with Crippen molar-refractivity contribution >= 4 is 33.0 Å². The number of morpholine rings is 1. The van der Waals surface area contributed by atoms with E-state index in [1.165, 1.54) is 23.5 Å². The molecule has 4 rings (SSSR count). The van der Waals surface area contributed by atoms with Crippen molar-refractivity contribution in [3.8, 4) is 11.1 Å². The molecule has 1 aliphatic rings. The molecule has 1 saturated heterocycles. The Bertz CT molecular complexity index is 1160. The Morgan fingerprint density at radius 2 is 1.73 bits per heavy atom. The van der Waals surface area contributed by atoms with Gasteiger partial charge in [0.15, 0.2) is 0 Å². The number of ether oxygens (including phenoxy) is 1. The van der Waals surface area contributed by atoms with Gasteiger partial charge in [0.2, 0.25) is 10.0 Å². The highest BCUT2D eigenvalue weighted by molar-refractivity contribution is 7.89. The number of carbonyl (C=O) groups excluding carboxylic acids is 1. The number of anilines is 1. The second kappa shape index (κ2) is 11.0. The molecule has 2 heterocycles. The lowest BCUT2D eigenvalue weighted by Gasteiger charge is -2.26. The van der Waals surface area contributed by atoms with Crippen LogP contribution in [0, 0.1) is 0 Å². The summed E-state index contributed by atoms with van der Waals surface area (Å²) in [6.45, 7) is 4.45. The van der Waals surface area contributed by atoms with E-state index in [0.29, 0.717) is 17.1 Å². The van der Waals surface area contributed by atoms with E-state index in [4.69, 9.17) is 4.74 Å². The lowest BCUT2D eigenvalue weighted by atomic mass is 10.1. The number of amides is 1. The third kappa shape index (κ3) is 6.27. The Morgan fingerprint density at radius 1 is 1.00 bits per heavy atom. The van der Waals surface area contributed by atoms with Gasteiger partial charge >= 0.3 is 0 Å². The van der Waals surface area contributed by atoms with Crippen LogP contribution in [0.5, 0.6) is 0 Å². The van der Waals surface area contributed by atoms with Gasteiger partial charge in [-0.05, 0) is 54.2 Å². The maximum Gasteiger partial charge on any atom is 0.266 e. The zero-order valence-electron chi connectivity index (χ0n) is 18.2. The Hall–Kier alpha value is -2.56. The summed E-state index contributed by atoms with van der Waals surface area (Å²) in [5.74, 6) is -0.222. The van der Waals surface area contributed by atoms with E-state index in [1.54, 1.807) is 12.1 Å². The molecule has 174 valence electrons. The van der Waals surface area contributed by atoms with Crippen LogP contribution in [0.1, 0.15) is 16.1 Å². The highest BCUT2D eigenvalue weighted by atomic mass is 32.2. The first kappa shape index (κ1) is 23.6. The monoisotopic (exact) mass is 485 g/mol. The molecule has 7 nitrogen and oxygen atoms in total. The third-order valence-corrected chi connectivity index (χ3v) is 7.82. The number of hydrogen-bond acceptors (Lipinski definition) is 6. The van der Waals surface area contributed by atoms with Crippen LogP contribution in [0.2, 0.25) is 0 Å². The van der Waals surface area contributed by atoms with Crippen molar-refractivity contribution in [3.63, 3.8) is 0 Å². The van der Waals surface area contributed by atoms with E-state index in [0.717, 1.165) is 50.4 Å². The van der Waals surface area contributed by atoms with Gasteiger partial charge in [-0.15, -0.1) is 11.3 Å². The molecule has 0 unspecified atom stereocenters. The minimum absolute atomic E-state index is 0.174. The van der Waals surface area contributed by atoms with E-state index in [-0.39, 0.29) is 10.8 Å². The predicted molar refractivity (Wildman–Crippen MR) is 131 cm³/mol. The summed E-state index contributed by atoms with van der Waals surface area (Å²) in [5, 5.41) is 4.75. The summed E-state index contributed by atoms with van der Waals surface area (Å²) in [7, 11) is -3.60. The average Bonchev–Trinajstić information content (AvgIpc) is 3.34. The fourth-order valence-corrected chi connectivity index (χ4v) is 5.54. The van der Waals surface area contributed by atoms with Crippen molar-refractivity contribution in [2.75, 3.05) is 44.7 Å². The van der Waals surface area contributed by atoms with Gasteiger partial charge in [-0.1, -0.05) is 30.3 Å². The molecule has 3 aromatic rings. The SMILES string of the molecule is O=C(Nc1ccc(S(=O)(=O)NCCCN2CCOCC2)cc1)c1sccc1-c1ccccc1. The number of nitrogens with zero attached hydrogens (tertiary/aromatic N) is 1.